The molecule has 0 spiro atoms. The summed E-state index contributed by atoms with van der Waals surface area (Å²) in [5, 5.41) is 2.82. The summed E-state index contributed by atoms with van der Waals surface area (Å²) >= 11 is 0. The third-order valence-corrected chi connectivity index (χ3v) is 8.69. The van der Waals surface area contributed by atoms with Gasteiger partial charge in [0.1, 0.15) is 23.3 Å². The van der Waals surface area contributed by atoms with Crippen molar-refractivity contribution in [2.75, 3.05) is 30.3 Å². The number of benzene rings is 2. The number of anilines is 2. The van der Waals surface area contributed by atoms with Gasteiger partial charge in [0, 0.05) is 32.4 Å². The van der Waals surface area contributed by atoms with E-state index in [9.17, 15) is 26.4 Å². The van der Waals surface area contributed by atoms with Crippen LogP contribution in [0.25, 0.3) is 0 Å². The molecule has 0 unspecified atom stereocenters. The van der Waals surface area contributed by atoms with Crippen LogP contribution in [0.15, 0.2) is 77.4 Å². The van der Waals surface area contributed by atoms with Crippen molar-refractivity contribution in [3.8, 4) is 5.75 Å². The molecule has 1 saturated heterocycles. The highest BCUT2D eigenvalue weighted by Crippen LogP contribution is 2.28. The largest absolute Gasteiger partial charge is 0.573 e. The number of carbonyl (C=O) groups excluding carboxylic acids is 1. The van der Waals surface area contributed by atoms with E-state index in [1.165, 1.54) is 18.6 Å². The average Bonchev–Trinajstić information content (AvgIpc) is 2.99. The number of nitrogens with zero attached hydrogens (tertiary/aromatic N) is 5. The van der Waals surface area contributed by atoms with Gasteiger partial charge in [-0.25, -0.2) is 18.4 Å². The summed E-state index contributed by atoms with van der Waals surface area (Å²) in [6.07, 6.45) is 1.14. The molecular formula is C29H32F3N7O4S. The van der Waals surface area contributed by atoms with E-state index in [0.29, 0.717) is 11.5 Å². The zero-order valence-corrected chi connectivity index (χ0v) is 24.7. The number of rotatable bonds is 11. The van der Waals surface area contributed by atoms with Crippen LogP contribution in [-0.4, -0.2) is 66.9 Å². The Morgan fingerprint density at radius 1 is 1.16 bits per heavy atom. The average molecular weight is 632 g/mol. The van der Waals surface area contributed by atoms with Gasteiger partial charge in [0.2, 0.25) is 15.9 Å². The van der Waals surface area contributed by atoms with Crippen molar-refractivity contribution in [3.05, 3.63) is 84.3 Å². The van der Waals surface area contributed by atoms with Crippen molar-refractivity contribution in [3.63, 3.8) is 0 Å². The van der Waals surface area contributed by atoms with Crippen LogP contribution < -0.4 is 20.7 Å². The molecule has 0 aliphatic carbocycles. The second kappa shape index (κ2) is 13.9. The third-order valence-electron chi connectivity index (χ3n) is 6.77. The first-order chi connectivity index (χ1) is 20.9. The number of carbonyl (C=O) groups is 1. The Hall–Kier alpha value is -4.50. The van der Waals surface area contributed by atoms with Gasteiger partial charge in [-0.15, -0.1) is 13.2 Å². The van der Waals surface area contributed by atoms with E-state index in [4.69, 9.17) is 5.73 Å². The molecule has 1 amide bonds. The first-order valence-corrected chi connectivity index (χ1v) is 15.1. The molecule has 15 heteroatoms. The Morgan fingerprint density at radius 3 is 2.45 bits per heavy atom. The SMILES string of the molecule is C=C/N=C\c1ncc(N2CCN(S(=O)(=O)c3ccc(OC(F)(F)F)cc3)[C@@H](C(=O)NCc3ccc(CCC)cc3)C2)nc1N. The van der Waals surface area contributed by atoms with Gasteiger partial charge >= 0.3 is 6.36 Å². The molecule has 1 atom stereocenters. The van der Waals surface area contributed by atoms with E-state index in [2.05, 4.69) is 38.5 Å². The van der Waals surface area contributed by atoms with Crippen LogP contribution in [0.1, 0.15) is 30.2 Å². The number of aryl methyl sites for hydroxylation is 1. The lowest BCUT2D eigenvalue weighted by Gasteiger charge is -2.40. The first kappa shape index (κ1) is 32.4. The summed E-state index contributed by atoms with van der Waals surface area (Å²) in [5.41, 5.74) is 8.34. The summed E-state index contributed by atoms with van der Waals surface area (Å²) in [6, 6.07) is 10.3. The molecule has 11 nitrogen and oxygen atoms in total. The van der Waals surface area contributed by atoms with Crippen LogP contribution in [-0.2, 0) is 27.8 Å². The Bertz CT molecular complexity index is 1600. The molecule has 1 aliphatic rings. The number of nitrogen functional groups attached to an aromatic ring is 1. The molecule has 3 N–H and O–H groups in total. The fraction of sp³-hybridized carbons (Fsp3) is 0.310. The van der Waals surface area contributed by atoms with Crippen molar-refractivity contribution >= 4 is 33.8 Å². The number of sulfonamides is 1. The number of ether oxygens (including phenoxy) is 1. The second-order valence-electron chi connectivity index (χ2n) is 9.84. The number of piperazine rings is 1. The number of hydrogen-bond donors (Lipinski definition) is 2. The Kier molecular flexibility index (Phi) is 10.2. The molecule has 1 aromatic heterocycles. The number of nitrogens with one attached hydrogen (secondary N) is 1. The second-order valence-corrected chi connectivity index (χ2v) is 11.7. The minimum Gasteiger partial charge on any atom is -0.406 e. The van der Waals surface area contributed by atoms with Crippen molar-refractivity contribution in [1.29, 1.82) is 0 Å². The molecule has 44 heavy (non-hydrogen) atoms. The van der Waals surface area contributed by atoms with E-state index in [0.717, 1.165) is 52.5 Å². The van der Waals surface area contributed by atoms with Gasteiger partial charge in [0.15, 0.2) is 5.82 Å². The Balaban J connectivity index is 1.59. The predicted molar refractivity (Wildman–Crippen MR) is 160 cm³/mol. The number of alkyl halides is 3. The highest BCUT2D eigenvalue weighted by Gasteiger charge is 2.41. The normalized spacial score (nSPS) is 16.2. The molecule has 2 heterocycles. The fourth-order valence-corrected chi connectivity index (χ4v) is 6.19. The fourth-order valence-electron chi connectivity index (χ4n) is 4.62. The van der Waals surface area contributed by atoms with E-state index in [-0.39, 0.29) is 36.9 Å². The predicted octanol–water partition coefficient (Wildman–Crippen LogP) is 3.67. The van der Waals surface area contributed by atoms with Gasteiger partial charge in [-0.05, 0) is 41.8 Å². The van der Waals surface area contributed by atoms with Crippen molar-refractivity contribution < 1.29 is 31.1 Å². The highest BCUT2D eigenvalue weighted by atomic mass is 32.2. The summed E-state index contributed by atoms with van der Waals surface area (Å²) in [6.45, 7) is 5.64. The molecular weight excluding hydrogens is 599 g/mol. The lowest BCUT2D eigenvalue weighted by Crippen LogP contribution is -2.60. The number of aromatic nitrogens is 2. The zero-order chi connectivity index (χ0) is 31.9. The van der Waals surface area contributed by atoms with Crippen LogP contribution in [0.4, 0.5) is 24.8 Å². The van der Waals surface area contributed by atoms with Crippen LogP contribution in [0.2, 0.25) is 0 Å². The smallest absolute Gasteiger partial charge is 0.406 e. The first-order valence-electron chi connectivity index (χ1n) is 13.7. The van der Waals surface area contributed by atoms with E-state index < -0.39 is 34.1 Å². The molecule has 234 valence electrons. The maximum Gasteiger partial charge on any atom is 0.573 e. The Labute approximate surface area is 253 Å². The zero-order valence-electron chi connectivity index (χ0n) is 23.9. The van der Waals surface area contributed by atoms with Crippen LogP contribution in [0.5, 0.6) is 5.75 Å². The monoisotopic (exact) mass is 631 g/mol. The van der Waals surface area contributed by atoms with Gasteiger partial charge in [-0.3, -0.25) is 9.79 Å². The van der Waals surface area contributed by atoms with Crippen molar-refractivity contribution in [1.82, 2.24) is 19.6 Å². The molecule has 1 aliphatic heterocycles. The lowest BCUT2D eigenvalue weighted by atomic mass is 10.1. The molecule has 1 fully saturated rings. The topological polar surface area (TPSA) is 143 Å². The summed E-state index contributed by atoms with van der Waals surface area (Å²) in [5.74, 6) is -0.730. The Morgan fingerprint density at radius 2 is 1.84 bits per heavy atom. The third kappa shape index (κ3) is 8.11. The lowest BCUT2D eigenvalue weighted by molar-refractivity contribution is -0.274. The van der Waals surface area contributed by atoms with E-state index >= 15 is 0 Å². The van der Waals surface area contributed by atoms with Crippen LogP contribution in [0.3, 0.4) is 0 Å². The number of nitrogens with two attached hydrogens (primary N) is 1. The van der Waals surface area contributed by atoms with E-state index in [1.54, 1.807) is 4.90 Å². The quantitative estimate of drug-likeness (QED) is 0.305. The summed E-state index contributed by atoms with van der Waals surface area (Å²) in [4.78, 5) is 27.5. The van der Waals surface area contributed by atoms with Gasteiger partial charge < -0.3 is 20.7 Å². The minimum atomic E-state index is -4.93. The van der Waals surface area contributed by atoms with Gasteiger partial charge in [0.25, 0.3) is 0 Å². The van der Waals surface area contributed by atoms with Crippen molar-refractivity contribution in [2.45, 2.75) is 43.6 Å². The van der Waals surface area contributed by atoms with Crippen LogP contribution in [0, 0.1) is 0 Å². The standard InChI is InChI=1S/C29H32F3N7O4S/c1-3-5-20-6-8-21(9-7-20)16-36-28(40)25-19-38(26-18-35-24(17-34-4-2)27(33)37-26)14-15-39(25)44(41,42)23-12-10-22(11-13-23)43-29(30,31)32/h4,6-13,17-18,25H,2-3,5,14-16,19H2,1H3,(H2,33,37)(H,36,40)/b34-17-/t25-/m1/s1. The van der Waals surface area contributed by atoms with Gasteiger partial charge in [-0.2, -0.15) is 4.31 Å². The maximum atomic E-state index is 13.7. The highest BCUT2D eigenvalue weighted by molar-refractivity contribution is 7.89. The number of amides is 1. The van der Waals surface area contributed by atoms with Gasteiger partial charge in [-0.1, -0.05) is 44.2 Å². The van der Waals surface area contributed by atoms with Crippen molar-refractivity contribution in [2.24, 2.45) is 4.99 Å². The van der Waals surface area contributed by atoms with Crippen LogP contribution >= 0.6 is 0 Å². The van der Waals surface area contributed by atoms with Gasteiger partial charge in [0.05, 0.1) is 17.3 Å². The minimum absolute atomic E-state index is 0.0804. The molecule has 0 radical (unpaired) electrons. The molecule has 0 saturated carbocycles. The summed E-state index contributed by atoms with van der Waals surface area (Å²) < 4.78 is 70.1. The number of aliphatic imine (C=N–C) groups is 1. The maximum absolute atomic E-state index is 13.7. The van der Waals surface area contributed by atoms with E-state index in [1.807, 2.05) is 24.3 Å². The summed E-state index contributed by atoms with van der Waals surface area (Å²) in [7, 11) is -4.32. The molecule has 0 bridgehead atoms. The molecule has 2 aromatic carbocycles. The number of hydrogen-bond acceptors (Lipinski definition) is 9. The number of halogens is 3. The molecule has 4 rings (SSSR count). The molecule has 3 aromatic rings.